The second kappa shape index (κ2) is 6.87. The van der Waals surface area contributed by atoms with Crippen molar-refractivity contribution >= 4 is 0 Å². The molecule has 3 nitrogen and oxygen atoms in total. The minimum atomic E-state index is 0.0163. The Hall–Kier alpha value is -2.65. The maximum atomic E-state index is 9.40. The molecule has 0 aliphatic rings. The summed E-state index contributed by atoms with van der Waals surface area (Å²) in [5.74, 6) is 0.592. The van der Waals surface area contributed by atoms with E-state index in [1.54, 1.807) is 6.20 Å². The molecule has 3 heteroatoms. The highest BCUT2D eigenvalue weighted by atomic mass is 16.5. The maximum Gasteiger partial charge on any atom is 0.213 e. The molecular weight excluding hydrogens is 274 g/mol. The summed E-state index contributed by atoms with van der Waals surface area (Å²) < 4.78 is 5.68. The summed E-state index contributed by atoms with van der Waals surface area (Å²) in [4.78, 5) is 4.34. The van der Waals surface area contributed by atoms with Crippen LogP contribution >= 0.6 is 0 Å². The van der Waals surface area contributed by atoms with Gasteiger partial charge in [-0.25, -0.2) is 4.98 Å². The van der Waals surface area contributed by atoms with Crippen LogP contribution in [0.3, 0.4) is 0 Å². The quantitative estimate of drug-likeness (QED) is 0.777. The molecule has 0 bridgehead atoms. The van der Waals surface area contributed by atoms with Gasteiger partial charge < -0.3 is 9.84 Å². The van der Waals surface area contributed by atoms with Gasteiger partial charge in [-0.2, -0.15) is 0 Å². The van der Waals surface area contributed by atoms with Crippen molar-refractivity contribution in [2.24, 2.45) is 0 Å². The summed E-state index contributed by atoms with van der Waals surface area (Å²) in [6, 6.07) is 21.6. The molecule has 0 radical (unpaired) electrons. The first-order chi connectivity index (χ1) is 10.9. The lowest BCUT2D eigenvalue weighted by atomic mass is 10.0. The number of aliphatic hydroxyl groups is 1. The molecule has 0 fully saturated rings. The van der Waals surface area contributed by atoms with Gasteiger partial charge in [0, 0.05) is 17.8 Å². The van der Waals surface area contributed by atoms with Crippen LogP contribution in [0.5, 0.6) is 5.88 Å². The first kappa shape index (κ1) is 14.3. The average molecular weight is 291 g/mol. The van der Waals surface area contributed by atoms with E-state index >= 15 is 0 Å². The SMILES string of the molecule is OCc1ccccc1-c1ccc(OCc2ccccc2)nc1. The minimum absolute atomic E-state index is 0.0163. The number of rotatable bonds is 5. The van der Waals surface area contributed by atoms with Gasteiger partial charge in [0.1, 0.15) is 6.61 Å². The van der Waals surface area contributed by atoms with E-state index in [1.165, 1.54) is 0 Å². The number of aliphatic hydroxyl groups excluding tert-OH is 1. The Bertz CT molecular complexity index is 724. The van der Waals surface area contributed by atoms with Gasteiger partial charge in [0.15, 0.2) is 0 Å². The fourth-order valence-corrected chi connectivity index (χ4v) is 2.30. The Balaban J connectivity index is 1.73. The molecule has 1 N–H and O–H groups in total. The van der Waals surface area contributed by atoms with Gasteiger partial charge in [-0.1, -0.05) is 54.6 Å². The average Bonchev–Trinajstić information content (AvgIpc) is 2.61. The molecule has 22 heavy (non-hydrogen) atoms. The van der Waals surface area contributed by atoms with Crippen molar-refractivity contribution in [1.29, 1.82) is 0 Å². The molecule has 1 heterocycles. The van der Waals surface area contributed by atoms with E-state index in [2.05, 4.69) is 4.98 Å². The number of benzene rings is 2. The minimum Gasteiger partial charge on any atom is -0.473 e. The highest BCUT2D eigenvalue weighted by Gasteiger charge is 2.05. The fourth-order valence-electron chi connectivity index (χ4n) is 2.30. The zero-order valence-corrected chi connectivity index (χ0v) is 12.1. The van der Waals surface area contributed by atoms with Crippen LogP contribution in [-0.2, 0) is 13.2 Å². The largest absolute Gasteiger partial charge is 0.473 e. The molecule has 3 rings (SSSR count). The number of hydrogen-bond donors (Lipinski definition) is 1. The Labute approximate surface area is 129 Å². The summed E-state index contributed by atoms with van der Waals surface area (Å²) in [5, 5.41) is 9.40. The van der Waals surface area contributed by atoms with Crippen LogP contribution < -0.4 is 4.74 Å². The van der Waals surface area contributed by atoms with Gasteiger partial charge in [-0.05, 0) is 22.8 Å². The van der Waals surface area contributed by atoms with Crippen LogP contribution in [0.2, 0.25) is 0 Å². The normalized spacial score (nSPS) is 10.4. The summed E-state index contributed by atoms with van der Waals surface area (Å²) in [5.41, 5.74) is 3.96. The predicted octanol–water partition coefficient (Wildman–Crippen LogP) is 3.82. The van der Waals surface area contributed by atoms with E-state index in [9.17, 15) is 5.11 Å². The number of pyridine rings is 1. The summed E-state index contributed by atoms with van der Waals surface area (Å²) in [6.07, 6.45) is 1.77. The number of hydrogen-bond acceptors (Lipinski definition) is 3. The number of nitrogens with zero attached hydrogens (tertiary/aromatic N) is 1. The maximum absolute atomic E-state index is 9.40. The van der Waals surface area contributed by atoms with Gasteiger partial charge in [-0.15, -0.1) is 0 Å². The van der Waals surface area contributed by atoms with Crippen molar-refractivity contribution in [3.8, 4) is 17.0 Å². The topological polar surface area (TPSA) is 42.4 Å². The summed E-state index contributed by atoms with van der Waals surface area (Å²) >= 11 is 0. The molecule has 0 atom stereocenters. The van der Waals surface area contributed by atoms with Gasteiger partial charge in [0.2, 0.25) is 5.88 Å². The standard InChI is InChI=1S/C19H17NO2/c21-13-17-8-4-5-9-18(17)16-10-11-19(20-12-16)22-14-15-6-2-1-3-7-15/h1-12,21H,13-14H2. The zero-order chi connectivity index (χ0) is 15.2. The van der Waals surface area contributed by atoms with Crippen LogP contribution in [0.1, 0.15) is 11.1 Å². The van der Waals surface area contributed by atoms with E-state index in [1.807, 2.05) is 66.7 Å². The molecule has 0 aliphatic carbocycles. The first-order valence-corrected chi connectivity index (χ1v) is 7.19. The van der Waals surface area contributed by atoms with Crippen molar-refractivity contribution in [1.82, 2.24) is 4.98 Å². The van der Waals surface area contributed by atoms with Gasteiger partial charge in [-0.3, -0.25) is 0 Å². The molecule has 0 unspecified atom stereocenters. The van der Waals surface area contributed by atoms with E-state index in [4.69, 9.17) is 4.74 Å². The third-order valence-electron chi connectivity index (χ3n) is 3.46. The fraction of sp³-hybridized carbons (Fsp3) is 0.105. The van der Waals surface area contributed by atoms with Gasteiger partial charge >= 0.3 is 0 Å². The van der Waals surface area contributed by atoms with E-state index < -0.39 is 0 Å². The zero-order valence-electron chi connectivity index (χ0n) is 12.1. The van der Waals surface area contributed by atoms with E-state index in [0.29, 0.717) is 12.5 Å². The van der Waals surface area contributed by atoms with Crippen molar-refractivity contribution in [2.75, 3.05) is 0 Å². The molecule has 0 amide bonds. The monoisotopic (exact) mass is 291 g/mol. The highest BCUT2D eigenvalue weighted by molar-refractivity contribution is 5.66. The highest BCUT2D eigenvalue weighted by Crippen LogP contribution is 2.24. The van der Waals surface area contributed by atoms with Crippen LogP contribution in [-0.4, -0.2) is 10.1 Å². The molecule has 0 saturated carbocycles. The molecule has 110 valence electrons. The smallest absolute Gasteiger partial charge is 0.213 e. The molecule has 0 saturated heterocycles. The molecule has 1 aromatic heterocycles. The second-order valence-corrected chi connectivity index (χ2v) is 4.97. The summed E-state index contributed by atoms with van der Waals surface area (Å²) in [7, 11) is 0. The van der Waals surface area contributed by atoms with Gasteiger partial charge in [0.25, 0.3) is 0 Å². The lowest BCUT2D eigenvalue weighted by Gasteiger charge is -2.09. The van der Waals surface area contributed by atoms with Crippen molar-refractivity contribution in [3.63, 3.8) is 0 Å². The van der Waals surface area contributed by atoms with Crippen LogP contribution in [0.4, 0.5) is 0 Å². The lowest BCUT2D eigenvalue weighted by Crippen LogP contribution is -1.97. The van der Waals surface area contributed by atoms with Crippen molar-refractivity contribution in [2.45, 2.75) is 13.2 Å². The van der Waals surface area contributed by atoms with Crippen molar-refractivity contribution in [3.05, 3.63) is 84.1 Å². The lowest BCUT2D eigenvalue weighted by molar-refractivity contribution is 0.282. The van der Waals surface area contributed by atoms with E-state index in [0.717, 1.165) is 22.3 Å². The summed E-state index contributed by atoms with van der Waals surface area (Å²) in [6.45, 7) is 0.517. The van der Waals surface area contributed by atoms with Crippen molar-refractivity contribution < 1.29 is 9.84 Å². The molecule has 0 spiro atoms. The number of aromatic nitrogens is 1. The predicted molar refractivity (Wildman–Crippen MR) is 86.4 cm³/mol. The Morgan fingerprint density at radius 2 is 1.64 bits per heavy atom. The molecule has 2 aromatic carbocycles. The van der Waals surface area contributed by atoms with Crippen LogP contribution in [0.25, 0.3) is 11.1 Å². The van der Waals surface area contributed by atoms with Gasteiger partial charge in [0.05, 0.1) is 6.61 Å². The van der Waals surface area contributed by atoms with E-state index in [-0.39, 0.29) is 6.61 Å². The third-order valence-corrected chi connectivity index (χ3v) is 3.46. The Morgan fingerprint density at radius 3 is 2.36 bits per heavy atom. The Kier molecular flexibility index (Phi) is 4.47. The number of ether oxygens (including phenoxy) is 1. The Morgan fingerprint density at radius 1 is 0.864 bits per heavy atom. The molecular formula is C19H17NO2. The second-order valence-electron chi connectivity index (χ2n) is 4.97. The first-order valence-electron chi connectivity index (χ1n) is 7.19. The molecule has 3 aromatic rings. The van der Waals surface area contributed by atoms with Crippen LogP contribution in [0.15, 0.2) is 72.9 Å². The molecule has 0 aliphatic heterocycles. The third kappa shape index (κ3) is 3.32. The van der Waals surface area contributed by atoms with Crippen LogP contribution in [0, 0.1) is 0 Å².